The van der Waals surface area contributed by atoms with Crippen LogP contribution in [0.5, 0.6) is 11.5 Å². The Morgan fingerprint density at radius 3 is 2.44 bits per heavy atom. The molecule has 1 aliphatic carbocycles. The number of carbonyl (C=O) groups is 1. The SMILES string of the molecule is COc1ccc(-c2nc(COC3CCCC(OCc4cccc(C)c4C(=O)O)C3)c(C)o2)cc1OC. The highest BCUT2D eigenvalue weighted by Crippen LogP contribution is 2.33. The first-order valence-corrected chi connectivity index (χ1v) is 12.1. The molecule has 0 amide bonds. The summed E-state index contributed by atoms with van der Waals surface area (Å²) >= 11 is 0. The van der Waals surface area contributed by atoms with Crippen molar-refractivity contribution in [2.24, 2.45) is 0 Å². The summed E-state index contributed by atoms with van der Waals surface area (Å²) in [7, 11) is 3.19. The van der Waals surface area contributed by atoms with E-state index in [-0.39, 0.29) is 18.8 Å². The molecule has 36 heavy (non-hydrogen) atoms. The predicted molar refractivity (Wildman–Crippen MR) is 134 cm³/mol. The van der Waals surface area contributed by atoms with Crippen molar-refractivity contribution in [3.63, 3.8) is 0 Å². The molecule has 0 radical (unpaired) electrons. The molecule has 2 unspecified atom stereocenters. The summed E-state index contributed by atoms with van der Waals surface area (Å²) in [5.74, 6) is 1.54. The van der Waals surface area contributed by atoms with Crippen molar-refractivity contribution in [1.82, 2.24) is 4.98 Å². The number of oxazole rings is 1. The Morgan fingerprint density at radius 1 is 1.03 bits per heavy atom. The van der Waals surface area contributed by atoms with Gasteiger partial charge in [-0.1, -0.05) is 18.2 Å². The second kappa shape index (κ2) is 11.6. The molecule has 192 valence electrons. The molecule has 1 aromatic heterocycles. The van der Waals surface area contributed by atoms with Crippen molar-refractivity contribution in [1.29, 1.82) is 0 Å². The monoisotopic (exact) mass is 495 g/mol. The smallest absolute Gasteiger partial charge is 0.336 e. The van der Waals surface area contributed by atoms with Crippen molar-refractivity contribution in [2.45, 2.75) is 65.0 Å². The third-order valence-electron chi connectivity index (χ3n) is 6.60. The summed E-state index contributed by atoms with van der Waals surface area (Å²) < 4.78 is 28.9. The van der Waals surface area contributed by atoms with E-state index in [4.69, 9.17) is 23.4 Å². The van der Waals surface area contributed by atoms with Gasteiger partial charge in [0.1, 0.15) is 11.5 Å². The van der Waals surface area contributed by atoms with Gasteiger partial charge in [0.25, 0.3) is 0 Å². The molecule has 1 N–H and O–H groups in total. The van der Waals surface area contributed by atoms with Crippen LogP contribution in [0.3, 0.4) is 0 Å². The van der Waals surface area contributed by atoms with Crippen molar-refractivity contribution < 1.29 is 33.3 Å². The van der Waals surface area contributed by atoms with Gasteiger partial charge in [-0.15, -0.1) is 0 Å². The van der Waals surface area contributed by atoms with Crippen molar-refractivity contribution >= 4 is 5.97 Å². The number of hydrogen-bond donors (Lipinski definition) is 1. The highest BCUT2D eigenvalue weighted by Gasteiger charge is 2.25. The summed E-state index contributed by atoms with van der Waals surface area (Å²) in [6.07, 6.45) is 3.69. The van der Waals surface area contributed by atoms with E-state index in [1.807, 2.05) is 37.3 Å². The van der Waals surface area contributed by atoms with Gasteiger partial charge in [-0.25, -0.2) is 9.78 Å². The number of hydrogen-bond acceptors (Lipinski definition) is 7. The molecule has 0 bridgehead atoms. The first-order valence-electron chi connectivity index (χ1n) is 12.1. The van der Waals surface area contributed by atoms with Crippen LogP contribution in [0.25, 0.3) is 11.5 Å². The summed E-state index contributed by atoms with van der Waals surface area (Å²) in [5.41, 5.74) is 3.32. The predicted octanol–water partition coefficient (Wildman–Crippen LogP) is 5.72. The molecule has 1 saturated carbocycles. The number of aryl methyl sites for hydroxylation is 2. The summed E-state index contributed by atoms with van der Waals surface area (Å²) in [6.45, 7) is 4.31. The highest BCUT2D eigenvalue weighted by atomic mass is 16.5. The van der Waals surface area contributed by atoms with Crippen molar-refractivity contribution in [2.75, 3.05) is 14.2 Å². The van der Waals surface area contributed by atoms with Crippen LogP contribution in [0, 0.1) is 13.8 Å². The van der Waals surface area contributed by atoms with Crippen molar-refractivity contribution in [3.05, 3.63) is 64.5 Å². The van der Waals surface area contributed by atoms with E-state index in [1.54, 1.807) is 27.2 Å². The molecule has 1 aliphatic rings. The van der Waals surface area contributed by atoms with Gasteiger partial charge in [-0.05, 0) is 68.9 Å². The van der Waals surface area contributed by atoms with Gasteiger partial charge in [-0.3, -0.25) is 0 Å². The molecule has 1 heterocycles. The van der Waals surface area contributed by atoms with E-state index in [2.05, 4.69) is 4.98 Å². The minimum atomic E-state index is -0.924. The van der Waals surface area contributed by atoms with Crippen LogP contribution >= 0.6 is 0 Å². The standard InChI is InChI=1S/C28H33NO7/c1-17-7-5-8-20(26(17)28(30)31)15-34-21-9-6-10-22(14-21)35-16-23-18(2)36-27(29-23)19-11-12-24(32-3)25(13-19)33-4/h5,7-8,11-13,21-22H,6,9-10,14-16H2,1-4H3,(H,30,31). The maximum absolute atomic E-state index is 11.6. The first kappa shape index (κ1) is 25.7. The molecular formula is C28H33NO7. The molecule has 2 aromatic carbocycles. The van der Waals surface area contributed by atoms with Gasteiger partial charge in [0.15, 0.2) is 11.5 Å². The fourth-order valence-electron chi connectivity index (χ4n) is 4.62. The highest BCUT2D eigenvalue weighted by molar-refractivity contribution is 5.91. The van der Waals surface area contributed by atoms with E-state index < -0.39 is 5.97 Å². The van der Waals surface area contributed by atoms with Gasteiger partial charge in [0.05, 0.1) is 45.2 Å². The third kappa shape index (κ3) is 5.88. The zero-order chi connectivity index (χ0) is 25.7. The van der Waals surface area contributed by atoms with E-state index in [0.717, 1.165) is 42.5 Å². The van der Waals surface area contributed by atoms with Gasteiger partial charge in [0, 0.05) is 5.56 Å². The molecule has 4 rings (SSSR count). The van der Waals surface area contributed by atoms with Gasteiger partial charge in [-0.2, -0.15) is 0 Å². The number of nitrogens with zero attached hydrogens (tertiary/aromatic N) is 1. The van der Waals surface area contributed by atoms with Gasteiger partial charge >= 0.3 is 5.97 Å². The Morgan fingerprint density at radius 2 is 1.75 bits per heavy atom. The molecule has 0 aliphatic heterocycles. The lowest BCUT2D eigenvalue weighted by atomic mass is 9.94. The minimum Gasteiger partial charge on any atom is -0.493 e. The van der Waals surface area contributed by atoms with Crippen LogP contribution in [0.4, 0.5) is 0 Å². The summed E-state index contributed by atoms with van der Waals surface area (Å²) in [4.78, 5) is 16.3. The fraction of sp³-hybridized carbons (Fsp3) is 0.429. The lowest BCUT2D eigenvalue weighted by molar-refractivity contribution is -0.0564. The number of aromatic carboxylic acids is 1. The number of methoxy groups -OCH3 is 2. The van der Waals surface area contributed by atoms with E-state index in [9.17, 15) is 9.90 Å². The first-order chi connectivity index (χ1) is 17.4. The van der Waals surface area contributed by atoms with E-state index in [0.29, 0.717) is 40.9 Å². The van der Waals surface area contributed by atoms with Crippen LogP contribution in [0.2, 0.25) is 0 Å². The average molecular weight is 496 g/mol. The third-order valence-corrected chi connectivity index (χ3v) is 6.60. The molecule has 8 heteroatoms. The Kier molecular flexibility index (Phi) is 8.28. The van der Waals surface area contributed by atoms with Crippen LogP contribution in [0.1, 0.15) is 58.6 Å². The topological polar surface area (TPSA) is 100 Å². The molecule has 0 saturated heterocycles. The second-order valence-corrected chi connectivity index (χ2v) is 9.04. The van der Waals surface area contributed by atoms with Crippen LogP contribution < -0.4 is 9.47 Å². The number of rotatable bonds is 10. The van der Waals surface area contributed by atoms with Gasteiger partial charge < -0.3 is 28.5 Å². The zero-order valence-corrected chi connectivity index (χ0v) is 21.2. The largest absolute Gasteiger partial charge is 0.493 e. The Bertz CT molecular complexity index is 1200. The van der Waals surface area contributed by atoms with E-state index in [1.165, 1.54) is 0 Å². The van der Waals surface area contributed by atoms with Crippen LogP contribution in [0.15, 0.2) is 40.8 Å². The minimum absolute atomic E-state index is 0.0200. The molecule has 3 aromatic rings. The number of carboxylic acid groups (broad SMARTS) is 1. The summed E-state index contributed by atoms with van der Waals surface area (Å²) in [5, 5.41) is 9.55. The molecule has 0 spiro atoms. The fourth-order valence-corrected chi connectivity index (χ4v) is 4.62. The summed E-state index contributed by atoms with van der Waals surface area (Å²) in [6, 6.07) is 11.0. The normalized spacial score (nSPS) is 17.7. The molecule has 8 nitrogen and oxygen atoms in total. The molecule has 1 fully saturated rings. The Hall–Kier alpha value is -3.36. The maximum Gasteiger partial charge on any atom is 0.336 e. The molecule has 2 atom stereocenters. The number of ether oxygens (including phenoxy) is 4. The Labute approximate surface area is 211 Å². The Balaban J connectivity index is 1.35. The zero-order valence-electron chi connectivity index (χ0n) is 21.2. The molecular weight excluding hydrogens is 462 g/mol. The average Bonchev–Trinajstić information content (AvgIpc) is 3.26. The number of benzene rings is 2. The lowest BCUT2D eigenvalue weighted by Gasteiger charge is -2.29. The van der Waals surface area contributed by atoms with Gasteiger partial charge in [0.2, 0.25) is 5.89 Å². The van der Waals surface area contributed by atoms with Crippen molar-refractivity contribution in [3.8, 4) is 23.0 Å². The van der Waals surface area contributed by atoms with Crippen LogP contribution in [-0.4, -0.2) is 42.5 Å². The lowest BCUT2D eigenvalue weighted by Crippen LogP contribution is -2.28. The van der Waals surface area contributed by atoms with Crippen LogP contribution in [-0.2, 0) is 22.7 Å². The number of carboxylic acids is 1. The second-order valence-electron chi connectivity index (χ2n) is 9.04. The number of aromatic nitrogens is 1. The quantitative estimate of drug-likeness (QED) is 0.381. The maximum atomic E-state index is 11.6. The van der Waals surface area contributed by atoms with E-state index >= 15 is 0 Å².